The molecule has 0 saturated heterocycles. The van der Waals surface area contributed by atoms with Gasteiger partial charge in [0.2, 0.25) is 0 Å². The fraction of sp³-hybridized carbons (Fsp3) is 0.231. The van der Waals surface area contributed by atoms with E-state index in [1.54, 1.807) is 12.1 Å². The lowest BCUT2D eigenvalue weighted by atomic mass is 10.0. The maximum atomic E-state index is 12.5. The molecule has 2 rings (SSSR count). The van der Waals surface area contributed by atoms with E-state index in [2.05, 4.69) is 21.4 Å². The number of nitrogens with two attached hydrogens (primary N) is 1. The summed E-state index contributed by atoms with van der Waals surface area (Å²) in [7, 11) is 0. The monoisotopic (exact) mass is 348 g/mol. The van der Waals surface area contributed by atoms with Gasteiger partial charge in [0.15, 0.2) is 4.67 Å². The molecule has 3 N–H and O–H groups in total. The lowest BCUT2D eigenvalue weighted by molar-refractivity contribution is -0.137. The maximum absolute atomic E-state index is 12.5. The standard InChI is InChI=1S/C13H12BrF3N2O/c14-12-6-5-11(20-12)10(19-18)7-8-1-3-9(4-2-8)13(15,16)17/h1-6,10,19H,7,18H2. The van der Waals surface area contributed by atoms with Gasteiger partial charge < -0.3 is 4.42 Å². The van der Waals surface area contributed by atoms with Crippen LogP contribution in [0.4, 0.5) is 13.2 Å². The molecular formula is C13H12BrF3N2O. The Morgan fingerprint density at radius 2 is 1.80 bits per heavy atom. The molecule has 0 aliphatic rings. The van der Waals surface area contributed by atoms with Crippen molar-refractivity contribution in [2.45, 2.75) is 18.6 Å². The van der Waals surface area contributed by atoms with Gasteiger partial charge >= 0.3 is 6.18 Å². The average Bonchev–Trinajstić information content (AvgIpc) is 2.82. The van der Waals surface area contributed by atoms with Crippen molar-refractivity contribution in [1.82, 2.24) is 5.43 Å². The van der Waals surface area contributed by atoms with E-state index in [4.69, 9.17) is 10.3 Å². The Morgan fingerprint density at radius 3 is 2.25 bits per heavy atom. The van der Waals surface area contributed by atoms with E-state index in [1.165, 1.54) is 12.1 Å². The number of hydrogen-bond donors (Lipinski definition) is 2. The third kappa shape index (κ3) is 3.62. The summed E-state index contributed by atoms with van der Waals surface area (Å²) in [5.74, 6) is 6.07. The predicted octanol–water partition coefficient (Wildman–Crippen LogP) is 3.81. The highest BCUT2D eigenvalue weighted by atomic mass is 79.9. The minimum Gasteiger partial charge on any atom is -0.453 e. The lowest BCUT2D eigenvalue weighted by Gasteiger charge is -2.14. The summed E-state index contributed by atoms with van der Waals surface area (Å²) < 4.78 is 43.3. The minimum atomic E-state index is -4.32. The smallest absolute Gasteiger partial charge is 0.416 e. The van der Waals surface area contributed by atoms with Gasteiger partial charge in [0.1, 0.15) is 5.76 Å². The van der Waals surface area contributed by atoms with Crippen LogP contribution < -0.4 is 11.3 Å². The van der Waals surface area contributed by atoms with Crippen molar-refractivity contribution in [2.75, 3.05) is 0 Å². The SMILES string of the molecule is NNC(Cc1ccc(C(F)(F)F)cc1)c1ccc(Br)o1. The van der Waals surface area contributed by atoms with E-state index in [9.17, 15) is 13.2 Å². The number of benzene rings is 1. The van der Waals surface area contributed by atoms with Crippen LogP contribution in [0.3, 0.4) is 0 Å². The number of hydrogen-bond acceptors (Lipinski definition) is 3. The molecule has 1 aromatic heterocycles. The highest BCUT2D eigenvalue weighted by Gasteiger charge is 2.30. The number of furan rings is 1. The van der Waals surface area contributed by atoms with Gasteiger partial charge in [-0.2, -0.15) is 13.2 Å². The van der Waals surface area contributed by atoms with Gasteiger partial charge in [0.05, 0.1) is 11.6 Å². The molecule has 0 aliphatic heterocycles. The van der Waals surface area contributed by atoms with Crippen molar-refractivity contribution in [2.24, 2.45) is 5.84 Å². The third-order valence-corrected chi connectivity index (χ3v) is 3.29. The molecule has 1 atom stereocenters. The first-order valence-corrected chi connectivity index (χ1v) is 6.57. The van der Waals surface area contributed by atoms with Gasteiger partial charge in [0.25, 0.3) is 0 Å². The van der Waals surface area contributed by atoms with E-state index in [0.717, 1.165) is 17.7 Å². The fourth-order valence-electron chi connectivity index (χ4n) is 1.82. The number of nitrogens with one attached hydrogen (secondary N) is 1. The summed E-state index contributed by atoms with van der Waals surface area (Å²) in [5, 5.41) is 0. The first kappa shape index (κ1) is 15.1. The summed E-state index contributed by atoms with van der Waals surface area (Å²) in [4.78, 5) is 0. The van der Waals surface area contributed by atoms with Crippen LogP contribution in [0.1, 0.15) is 22.9 Å². The van der Waals surface area contributed by atoms with Crippen molar-refractivity contribution >= 4 is 15.9 Å². The van der Waals surface area contributed by atoms with Gasteiger partial charge in [-0.3, -0.25) is 5.84 Å². The molecule has 2 aromatic rings. The molecule has 20 heavy (non-hydrogen) atoms. The van der Waals surface area contributed by atoms with Crippen LogP contribution in [0.25, 0.3) is 0 Å². The number of rotatable bonds is 4. The van der Waals surface area contributed by atoms with Crippen molar-refractivity contribution in [3.05, 3.63) is 58.0 Å². The van der Waals surface area contributed by atoms with Crippen LogP contribution >= 0.6 is 15.9 Å². The topological polar surface area (TPSA) is 51.2 Å². The largest absolute Gasteiger partial charge is 0.453 e. The zero-order valence-electron chi connectivity index (χ0n) is 10.2. The lowest BCUT2D eigenvalue weighted by Crippen LogP contribution is -2.29. The Kier molecular flexibility index (Phi) is 4.52. The van der Waals surface area contributed by atoms with Gasteiger partial charge in [-0.1, -0.05) is 12.1 Å². The van der Waals surface area contributed by atoms with Crippen LogP contribution in [0, 0.1) is 0 Å². The Bertz CT molecular complexity index is 566. The summed E-state index contributed by atoms with van der Waals surface area (Å²) >= 11 is 3.19. The van der Waals surface area contributed by atoms with Gasteiger partial charge in [-0.05, 0) is 52.2 Å². The minimum absolute atomic E-state index is 0.307. The summed E-state index contributed by atoms with van der Waals surface area (Å²) in [5.41, 5.74) is 2.65. The van der Waals surface area contributed by atoms with Gasteiger partial charge in [-0.25, -0.2) is 5.43 Å². The fourth-order valence-corrected chi connectivity index (χ4v) is 2.14. The second kappa shape index (κ2) is 5.99. The molecule has 0 amide bonds. The van der Waals surface area contributed by atoms with Gasteiger partial charge in [-0.15, -0.1) is 0 Å². The Morgan fingerprint density at radius 1 is 1.15 bits per heavy atom. The second-order valence-electron chi connectivity index (χ2n) is 4.26. The molecular weight excluding hydrogens is 337 g/mol. The van der Waals surface area contributed by atoms with Crippen LogP contribution in [0.5, 0.6) is 0 Å². The normalized spacial score (nSPS) is 13.4. The third-order valence-electron chi connectivity index (χ3n) is 2.86. The first-order valence-electron chi connectivity index (χ1n) is 5.77. The molecule has 108 valence electrons. The van der Waals surface area contributed by atoms with Crippen molar-refractivity contribution in [3.8, 4) is 0 Å². The molecule has 0 spiro atoms. The van der Waals surface area contributed by atoms with Crippen molar-refractivity contribution < 1.29 is 17.6 Å². The molecule has 1 unspecified atom stereocenters. The van der Waals surface area contributed by atoms with Crippen LogP contribution in [-0.4, -0.2) is 0 Å². The van der Waals surface area contributed by atoms with Crippen molar-refractivity contribution in [3.63, 3.8) is 0 Å². The molecule has 0 aliphatic carbocycles. The first-order chi connectivity index (χ1) is 9.40. The zero-order chi connectivity index (χ0) is 14.8. The number of halogens is 4. The molecule has 0 saturated carbocycles. The maximum Gasteiger partial charge on any atom is 0.416 e. The van der Waals surface area contributed by atoms with E-state index in [0.29, 0.717) is 16.9 Å². The summed E-state index contributed by atoms with van der Waals surface area (Å²) in [6.45, 7) is 0. The van der Waals surface area contributed by atoms with E-state index in [-0.39, 0.29) is 6.04 Å². The summed E-state index contributed by atoms with van der Waals surface area (Å²) in [6.07, 6.45) is -3.90. The zero-order valence-corrected chi connectivity index (χ0v) is 11.8. The van der Waals surface area contributed by atoms with Gasteiger partial charge in [0, 0.05) is 0 Å². The molecule has 1 heterocycles. The highest BCUT2D eigenvalue weighted by molar-refractivity contribution is 9.10. The van der Waals surface area contributed by atoms with Crippen LogP contribution in [0.15, 0.2) is 45.5 Å². The van der Waals surface area contributed by atoms with E-state index in [1.807, 2.05) is 0 Å². The quantitative estimate of drug-likeness (QED) is 0.652. The number of hydrazine groups is 1. The molecule has 7 heteroatoms. The molecule has 3 nitrogen and oxygen atoms in total. The molecule has 1 aromatic carbocycles. The van der Waals surface area contributed by atoms with Crippen molar-refractivity contribution in [1.29, 1.82) is 0 Å². The second-order valence-corrected chi connectivity index (χ2v) is 5.04. The number of alkyl halides is 3. The van der Waals surface area contributed by atoms with E-state index < -0.39 is 11.7 Å². The van der Waals surface area contributed by atoms with Crippen LogP contribution in [-0.2, 0) is 12.6 Å². The Balaban J connectivity index is 2.12. The highest BCUT2D eigenvalue weighted by Crippen LogP contribution is 2.30. The molecule has 0 fully saturated rings. The molecule has 0 radical (unpaired) electrons. The Hall–Kier alpha value is -1.31. The molecule has 0 bridgehead atoms. The predicted molar refractivity (Wildman–Crippen MR) is 71.6 cm³/mol. The summed E-state index contributed by atoms with van der Waals surface area (Å²) in [6, 6.07) is 8.15. The average molecular weight is 349 g/mol. The Labute approximate surface area is 122 Å². The van der Waals surface area contributed by atoms with Crippen LogP contribution in [0.2, 0.25) is 0 Å². The van der Waals surface area contributed by atoms with E-state index >= 15 is 0 Å².